The first-order valence-corrected chi connectivity index (χ1v) is 7.40. The van der Waals surface area contributed by atoms with E-state index in [-0.39, 0.29) is 17.0 Å². The van der Waals surface area contributed by atoms with E-state index >= 15 is 0 Å². The summed E-state index contributed by atoms with van der Waals surface area (Å²) >= 11 is 4.31. The molecular weight excluding hydrogens is 320 g/mol. The average Bonchev–Trinajstić information content (AvgIpc) is 2.84. The third-order valence-corrected chi connectivity index (χ3v) is 3.78. The van der Waals surface area contributed by atoms with Crippen LogP contribution in [0.15, 0.2) is 32.7 Å². The predicted molar refractivity (Wildman–Crippen MR) is 85.8 cm³/mol. The number of hydrogen-bond donors (Lipinski definition) is 3. The van der Waals surface area contributed by atoms with Crippen molar-refractivity contribution < 1.29 is 19.1 Å². The summed E-state index contributed by atoms with van der Waals surface area (Å²) in [6.07, 6.45) is 0.552. The van der Waals surface area contributed by atoms with E-state index in [4.69, 9.17) is 15.0 Å². The maximum Gasteiger partial charge on any atom is 0.324 e. The minimum atomic E-state index is -0.108. The Bertz CT molecular complexity index is 793. The number of nitrogens with zero attached hydrogens (tertiary/aromatic N) is 3. The van der Waals surface area contributed by atoms with Gasteiger partial charge in [0.25, 0.3) is 0 Å². The van der Waals surface area contributed by atoms with Gasteiger partial charge < -0.3 is 25.0 Å². The summed E-state index contributed by atoms with van der Waals surface area (Å²) in [5, 5.41) is 9.87. The van der Waals surface area contributed by atoms with Crippen LogP contribution >= 0.6 is 12.6 Å². The van der Waals surface area contributed by atoms with Crippen molar-refractivity contribution in [1.82, 2.24) is 4.68 Å². The van der Waals surface area contributed by atoms with Gasteiger partial charge in [-0.1, -0.05) is 0 Å². The lowest BCUT2D eigenvalue weighted by atomic mass is 10.2. The van der Waals surface area contributed by atoms with Crippen LogP contribution in [-0.4, -0.2) is 42.4 Å². The molecule has 1 aromatic carbocycles. The van der Waals surface area contributed by atoms with Crippen LogP contribution in [0, 0.1) is 0 Å². The van der Waals surface area contributed by atoms with Crippen LogP contribution in [0.2, 0.25) is 0 Å². The fourth-order valence-electron chi connectivity index (χ4n) is 2.33. The van der Waals surface area contributed by atoms with Crippen molar-refractivity contribution in [3.63, 3.8) is 0 Å². The molecule has 1 aliphatic heterocycles. The summed E-state index contributed by atoms with van der Waals surface area (Å²) in [4.78, 5) is 17.1. The molecular formula is C14H16N4O4S. The third kappa shape index (κ3) is 3.06. The van der Waals surface area contributed by atoms with Crippen molar-refractivity contribution in [3.8, 4) is 5.75 Å². The van der Waals surface area contributed by atoms with Gasteiger partial charge in [-0.2, -0.15) is 9.67 Å². The summed E-state index contributed by atoms with van der Waals surface area (Å²) in [5.74, 6) is 6.57. The molecule has 3 rings (SSSR count). The van der Waals surface area contributed by atoms with Gasteiger partial charge in [0.05, 0.1) is 24.5 Å². The number of carbonyl (C=O) groups is 1. The highest BCUT2D eigenvalue weighted by atomic mass is 32.1. The Hall–Kier alpha value is -2.39. The quantitative estimate of drug-likeness (QED) is 0.432. The van der Waals surface area contributed by atoms with Gasteiger partial charge in [0.1, 0.15) is 5.75 Å². The number of carbonyl (C=O) groups excluding carboxylic acids is 1. The SMILES string of the molecule is Nn1c(N2CCOCC2)c(S)oc1=Nc1ccc(O)c(C=O)c1. The summed E-state index contributed by atoms with van der Waals surface area (Å²) in [6.45, 7) is 2.56. The molecule has 0 amide bonds. The number of hydrogen-bond acceptors (Lipinski definition) is 8. The Morgan fingerprint density at radius 2 is 2.09 bits per heavy atom. The number of ether oxygens (including phenoxy) is 1. The fourth-order valence-corrected chi connectivity index (χ4v) is 2.66. The molecule has 0 spiro atoms. The van der Waals surface area contributed by atoms with Gasteiger partial charge in [-0.3, -0.25) is 4.79 Å². The van der Waals surface area contributed by atoms with Crippen LogP contribution in [0.3, 0.4) is 0 Å². The highest BCUT2D eigenvalue weighted by molar-refractivity contribution is 7.80. The Kier molecular flexibility index (Phi) is 4.30. The van der Waals surface area contributed by atoms with E-state index < -0.39 is 0 Å². The van der Waals surface area contributed by atoms with Crippen LogP contribution in [0.25, 0.3) is 0 Å². The number of oxazole rings is 1. The number of nitrogens with two attached hydrogens (primary N) is 1. The molecule has 1 aromatic heterocycles. The second-order valence-electron chi connectivity index (χ2n) is 4.96. The van der Waals surface area contributed by atoms with Crippen LogP contribution in [0.4, 0.5) is 11.5 Å². The minimum Gasteiger partial charge on any atom is -0.507 e. The zero-order valence-corrected chi connectivity index (χ0v) is 13.1. The molecule has 0 bridgehead atoms. The summed E-state index contributed by atoms with van der Waals surface area (Å²) in [6, 6.07) is 4.38. The molecule has 1 fully saturated rings. The number of thiol groups is 1. The molecule has 0 unspecified atom stereocenters. The largest absolute Gasteiger partial charge is 0.507 e. The van der Waals surface area contributed by atoms with Crippen molar-refractivity contribution in [3.05, 3.63) is 29.4 Å². The van der Waals surface area contributed by atoms with Crippen LogP contribution in [0.5, 0.6) is 5.75 Å². The van der Waals surface area contributed by atoms with Gasteiger partial charge in [-0.15, -0.1) is 12.6 Å². The number of nitrogen functional groups attached to an aromatic ring is 1. The maximum atomic E-state index is 10.9. The van der Waals surface area contributed by atoms with E-state index in [1.165, 1.54) is 16.8 Å². The number of anilines is 1. The monoisotopic (exact) mass is 336 g/mol. The fraction of sp³-hybridized carbons (Fsp3) is 0.286. The molecule has 23 heavy (non-hydrogen) atoms. The molecule has 2 aromatic rings. The number of morpholine rings is 1. The number of aromatic hydroxyl groups is 1. The van der Waals surface area contributed by atoms with Gasteiger partial charge in [0, 0.05) is 13.1 Å². The highest BCUT2D eigenvalue weighted by Crippen LogP contribution is 2.24. The van der Waals surface area contributed by atoms with E-state index in [1.54, 1.807) is 6.07 Å². The Morgan fingerprint density at radius 3 is 2.78 bits per heavy atom. The van der Waals surface area contributed by atoms with E-state index in [1.807, 2.05) is 4.90 Å². The first kappa shape index (κ1) is 15.5. The Labute approximate surface area is 137 Å². The smallest absolute Gasteiger partial charge is 0.324 e. The normalized spacial score (nSPS) is 15.9. The first-order chi connectivity index (χ1) is 11.1. The van der Waals surface area contributed by atoms with Gasteiger partial charge in [-0.05, 0) is 18.2 Å². The molecule has 0 atom stereocenters. The molecule has 2 heterocycles. The summed E-state index contributed by atoms with van der Waals surface area (Å²) < 4.78 is 12.1. The van der Waals surface area contributed by atoms with E-state index in [0.29, 0.717) is 49.2 Å². The molecule has 3 N–H and O–H groups in total. The molecule has 0 aliphatic carbocycles. The first-order valence-electron chi connectivity index (χ1n) is 6.95. The minimum absolute atomic E-state index is 0.108. The lowest BCUT2D eigenvalue weighted by Crippen LogP contribution is -2.40. The van der Waals surface area contributed by atoms with E-state index in [2.05, 4.69) is 17.6 Å². The van der Waals surface area contributed by atoms with Gasteiger partial charge in [0.15, 0.2) is 12.1 Å². The van der Waals surface area contributed by atoms with Crippen LogP contribution < -0.4 is 16.4 Å². The zero-order chi connectivity index (χ0) is 16.4. The number of aromatic nitrogens is 1. The second kappa shape index (κ2) is 6.39. The molecule has 8 nitrogen and oxygen atoms in total. The number of rotatable bonds is 3. The van der Waals surface area contributed by atoms with Crippen LogP contribution in [-0.2, 0) is 4.74 Å². The molecule has 1 saturated heterocycles. The van der Waals surface area contributed by atoms with Gasteiger partial charge in [0.2, 0.25) is 5.09 Å². The Balaban J connectivity index is 2.01. The number of aldehydes is 1. The second-order valence-corrected chi connectivity index (χ2v) is 5.36. The third-order valence-electron chi connectivity index (χ3n) is 3.49. The molecule has 9 heteroatoms. The molecule has 0 saturated carbocycles. The molecule has 122 valence electrons. The van der Waals surface area contributed by atoms with Crippen molar-refractivity contribution in [2.75, 3.05) is 37.0 Å². The standard InChI is InChI=1S/C14H16N4O4S/c15-18-12(17-3-5-21-6-4-17)13(23)22-14(18)16-10-1-2-11(20)9(7-10)8-19/h1-2,7-8,20,23H,3-6,15H2. The lowest BCUT2D eigenvalue weighted by molar-refractivity contribution is 0.112. The van der Waals surface area contributed by atoms with Crippen molar-refractivity contribution >= 4 is 30.4 Å². The van der Waals surface area contributed by atoms with Gasteiger partial charge >= 0.3 is 5.68 Å². The molecule has 0 radical (unpaired) electrons. The molecule has 1 aliphatic rings. The lowest BCUT2D eigenvalue weighted by Gasteiger charge is -2.27. The van der Waals surface area contributed by atoms with Crippen molar-refractivity contribution in [1.29, 1.82) is 0 Å². The maximum absolute atomic E-state index is 10.9. The average molecular weight is 336 g/mol. The Morgan fingerprint density at radius 1 is 1.35 bits per heavy atom. The summed E-state index contributed by atoms with van der Waals surface area (Å²) in [5.41, 5.74) is 0.708. The van der Waals surface area contributed by atoms with E-state index in [9.17, 15) is 9.90 Å². The van der Waals surface area contributed by atoms with Crippen LogP contribution in [0.1, 0.15) is 10.4 Å². The summed E-state index contributed by atoms with van der Waals surface area (Å²) in [7, 11) is 0. The number of benzene rings is 1. The van der Waals surface area contributed by atoms with Gasteiger partial charge in [-0.25, -0.2) is 0 Å². The predicted octanol–water partition coefficient (Wildman–Crippen LogP) is 0.671. The number of phenolic OH excluding ortho intramolecular Hbond substituents is 1. The van der Waals surface area contributed by atoms with Crippen molar-refractivity contribution in [2.45, 2.75) is 5.09 Å². The number of phenols is 1. The van der Waals surface area contributed by atoms with E-state index in [0.717, 1.165) is 0 Å². The highest BCUT2D eigenvalue weighted by Gasteiger charge is 2.20. The zero-order valence-electron chi connectivity index (χ0n) is 12.2. The van der Waals surface area contributed by atoms with Crippen molar-refractivity contribution in [2.24, 2.45) is 4.99 Å². The topological polar surface area (TPSA) is 106 Å².